The molecule has 0 saturated heterocycles. The van der Waals surface area contributed by atoms with Crippen LogP contribution in [0.3, 0.4) is 0 Å². The maximum atomic E-state index is 15.1. The molecule has 2 aromatic rings. The van der Waals surface area contributed by atoms with Gasteiger partial charge in [0.05, 0.1) is 11.8 Å². The Labute approximate surface area is 162 Å². The quantitative estimate of drug-likeness (QED) is 0.523. The van der Waals surface area contributed by atoms with E-state index >= 15 is 8.78 Å². The highest BCUT2D eigenvalue weighted by atomic mass is 19.3. The second kappa shape index (κ2) is 8.50. The molecule has 1 fully saturated rings. The zero-order valence-corrected chi connectivity index (χ0v) is 15.5. The van der Waals surface area contributed by atoms with E-state index in [1.807, 2.05) is 0 Å². The summed E-state index contributed by atoms with van der Waals surface area (Å²) in [5.74, 6) is -8.82. The molecule has 0 amide bonds. The van der Waals surface area contributed by atoms with Gasteiger partial charge in [0.1, 0.15) is 11.5 Å². The maximum Gasteiger partial charge on any atom is 0.382 e. The van der Waals surface area contributed by atoms with Gasteiger partial charge in [0.15, 0.2) is 0 Å². The van der Waals surface area contributed by atoms with Crippen molar-refractivity contribution in [2.24, 2.45) is 17.8 Å². The van der Waals surface area contributed by atoms with Gasteiger partial charge in [0.25, 0.3) is 0 Å². The number of benzene rings is 2. The molecule has 1 aliphatic carbocycles. The predicted molar refractivity (Wildman–Crippen MR) is 99.1 cm³/mol. The van der Waals surface area contributed by atoms with Crippen LogP contribution >= 0.6 is 0 Å². The van der Waals surface area contributed by atoms with Crippen LogP contribution < -0.4 is 9.47 Å². The van der Waals surface area contributed by atoms with Gasteiger partial charge in [-0.25, -0.2) is 4.79 Å². The molecule has 28 heavy (non-hydrogen) atoms. The molecule has 0 aromatic heterocycles. The van der Waals surface area contributed by atoms with Crippen molar-refractivity contribution in [2.75, 3.05) is 0 Å². The van der Waals surface area contributed by atoms with E-state index in [1.165, 1.54) is 12.1 Å². The van der Waals surface area contributed by atoms with Crippen LogP contribution in [0.25, 0.3) is 0 Å². The molecular weight excluding hydrogens is 366 g/mol. The van der Waals surface area contributed by atoms with Crippen LogP contribution in [-0.2, 0) is 9.59 Å². The minimum atomic E-state index is -3.80. The van der Waals surface area contributed by atoms with Crippen LogP contribution in [0.4, 0.5) is 8.78 Å². The summed E-state index contributed by atoms with van der Waals surface area (Å²) in [5.41, 5.74) is 0. The van der Waals surface area contributed by atoms with E-state index in [0.717, 1.165) is 0 Å². The van der Waals surface area contributed by atoms with E-state index in [0.29, 0.717) is 18.6 Å². The SMILES string of the molecule is CCC1CCC(C(=O)Oc2ccccc2)C1C(F)(F)C(=O)Oc1ccccc1. The van der Waals surface area contributed by atoms with E-state index in [9.17, 15) is 9.59 Å². The zero-order valence-electron chi connectivity index (χ0n) is 15.5. The predicted octanol–water partition coefficient (Wildman–Crippen LogP) is 4.89. The Balaban J connectivity index is 1.80. The highest BCUT2D eigenvalue weighted by Crippen LogP contribution is 2.48. The summed E-state index contributed by atoms with van der Waals surface area (Å²) in [4.78, 5) is 24.9. The standard InChI is InChI=1S/C22H22F2O4/c1-2-15-13-14-18(20(25)27-16-9-5-3-6-10-16)19(15)22(23,24)21(26)28-17-11-7-4-8-12-17/h3-12,15,18-19H,2,13-14H2,1H3. The molecule has 148 valence electrons. The fourth-order valence-electron chi connectivity index (χ4n) is 3.83. The molecule has 1 aliphatic rings. The van der Waals surface area contributed by atoms with Crippen LogP contribution in [0.5, 0.6) is 11.5 Å². The molecule has 3 unspecified atom stereocenters. The smallest absolute Gasteiger partial charge is 0.382 e. The number of carbonyl (C=O) groups is 2. The normalized spacial score (nSPS) is 21.9. The monoisotopic (exact) mass is 388 g/mol. The van der Waals surface area contributed by atoms with Gasteiger partial charge in [-0.05, 0) is 43.0 Å². The molecule has 3 atom stereocenters. The minimum Gasteiger partial charge on any atom is -0.426 e. The first kappa shape index (κ1) is 20.0. The third-order valence-corrected chi connectivity index (χ3v) is 5.22. The lowest BCUT2D eigenvalue weighted by Gasteiger charge is -2.29. The summed E-state index contributed by atoms with van der Waals surface area (Å²) < 4.78 is 40.4. The van der Waals surface area contributed by atoms with Crippen molar-refractivity contribution >= 4 is 11.9 Å². The Bertz CT molecular complexity index is 808. The molecule has 4 nitrogen and oxygen atoms in total. The molecule has 0 aliphatic heterocycles. The molecule has 0 N–H and O–H groups in total. The summed E-state index contributed by atoms with van der Waals surface area (Å²) in [6, 6.07) is 16.0. The highest BCUT2D eigenvalue weighted by molar-refractivity contribution is 5.83. The second-order valence-corrected chi connectivity index (χ2v) is 6.94. The minimum absolute atomic E-state index is 0.0432. The van der Waals surface area contributed by atoms with Crippen molar-refractivity contribution in [3.05, 3.63) is 60.7 Å². The number of carbonyl (C=O) groups excluding carboxylic acids is 2. The molecule has 0 spiro atoms. The molecule has 1 saturated carbocycles. The third-order valence-electron chi connectivity index (χ3n) is 5.22. The Kier molecular flexibility index (Phi) is 6.07. The van der Waals surface area contributed by atoms with Gasteiger partial charge in [-0.15, -0.1) is 0 Å². The van der Waals surface area contributed by atoms with Crippen LogP contribution in [0.2, 0.25) is 0 Å². The number of hydrogen-bond donors (Lipinski definition) is 0. The molecule has 0 radical (unpaired) electrons. The fraction of sp³-hybridized carbons (Fsp3) is 0.364. The number of ether oxygens (including phenoxy) is 2. The first-order valence-corrected chi connectivity index (χ1v) is 9.35. The van der Waals surface area contributed by atoms with Crippen molar-refractivity contribution in [2.45, 2.75) is 32.1 Å². The van der Waals surface area contributed by atoms with Gasteiger partial charge in [0.2, 0.25) is 0 Å². The van der Waals surface area contributed by atoms with E-state index in [-0.39, 0.29) is 12.2 Å². The number of alkyl halides is 2. The van der Waals surface area contributed by atoms with Crippen LogP contribution in [0.15, 0.2) is 60.7 Å². The lowest BCUT2D eigenvalue weighted by atomic mass is 9.82. The van der Waals surface area contributed by atoms with Gasteiger partial charge >= 0.3 is 17.9 Å². The van der Waals surface area contributed by atoms with Crippen molar-refractivity contribution in [3.8, 4) is 11.5 Å². The number of rotatable bonds is 6. The Hall–Kier alpha value is -2.76. The van der Waals surface area contributed by atoms with E-state index < -0.39 is 35.6 Å². The van der Waals surface area contributed by atoms with E-state index in [4.69, 9.17) is 9.47 Å². The van der Waals surface area contributed by atoms with Crippen LogP contribution in [0.1, 0.15) is 26.2 Å². The average Bonchev–Trinajstić information content (AvgIpc) is 3.14. The fourth-order valence-corrected chi connectivity index (χ4v) is 3.83. The molecule has 3 rings (SSSR count). The molecule has 2 aromatic carbocycles. The summed E-state index contributed by atoms with van der Waals surface area (Å²) in [6.45, 7) is 1.78. The summed E-state index contributed by atoms with van der Waals surface area (Å²) in [6.07, 6.45) is 1.13. The summed E-state index contributed by atoms with van der Waals surface area (Å²) >= 11 is 0. The first-order valence-electron chi connectivity index (χ1n) is 9.35. The van der Waals surface area contributed by atoms with Crippen LogP contribution in [0, 0.1) is 17.8 Å². The van der Waals surface area contributed by atoms with E-state index in [2.05, 4.69) is 0 Å². The topological polar surface area (TPSA) is 52.6 Å². The van der Waals surface area contributed by atoms with Gasteiger partial charge < -0.3 is 9.47 Å². The number of esters is 2. The Morgan fingerprint density at radius 3 is 2.00 bits per heavy atom. The molecule has 0 bridgehead atoms. The van der Waals surface area contributed by atoms with Gasteiger partial charge in [0, 0.05) is 0 Å². The van der Waals surface area contributed by atoms with Crippen molar-refractivity contribution in [3.63, 3.8) is 0 Å². The Morgan fingerprint density at radius 1 is 0.929 bits per heavy atom. The van der Waals surface area contributed by atoms with Gasteiger partial charge in [-0.1, -0.05) is 49.7 Å². The van der Waals surface area contributed by atoms with Crippen molar-refractivity contribution < 1.29 is 27.8 Å². The number of para-hydroxylation sites is 2. The number of halogens is 2. The second-order valence-electron chi connectivity index (χ2n) is 6.94. The summed E-state index contributed by atoms with van der Waals surface area (Å²) in [5, 5.41) is 0. The van der Waals surface area contributed by atoms with Gasteiger partial charge in [-0.3, -0.25) is 4.79 Å². The average molecular weight is 388 g/mol. The zero-order chi connectivity index (χ0) is 20.1. The summed E-state index contributed by atoms with van der Waals surface area (Å²) in [7, 11) is 0. The molecule has 6 heteroatoms. The molecule has 0 heterocycles. The van der Waals surface area contributed by atoms with E-state index in [1.54, 1.807) is 55.5 Å². The van der Waals surface area contributed by atoms with Crippen molar-refractivity contribution in [1.29, 1.82) is 0 Å². The lowest BCUT2D eigenvalue weighted by Crippen LogP contribution is -2.46. The number of hydrogen-bond acceptors (Lipinski definition) is 4. The largest absolute Gasteiger partial charge is 0.426 e. The highest BCUT2D eigenvalue weighted by Gasteiger charge is 2.59. The first-order chi connectivity index (χ1) is 13.4. The van der Waals surface area contributed by atoms with Crippen LogP contribution in [-0.4, -0.2) is 17.9 Å². The third kappa shape index (κ3) is 4.21. The molecular formula is C22H22F2O4. The lowest BCUT2D eigenvalue weighted by molar-refractivity contribution is -0.178. The Morgan fingerprint density at radius 2 is 1.46 bits per heavy atom. The maximum absolute atomic E-state index is 15.1. The van der Waals surface area contributed by atoms with Gasteiger partial charge in [-0.2, -0.15) is 8.78 Å². The van der Waals surface area contributed by atoms with Crippen molar-refractivity contribution in [1.82, 2.24) is 0 Å².